The van der Waals surface area contributed by atoms with Gasteiger partial charge in [-0.2, -0.15) is 17.7 Å². The molecule has 32 heavy (non-hydrogen) atoms. The van der Waals surface area contributed by atoms with Crippen molar-refractivity contribution in [2.24, 2.45) is 5.92 Å². The third kappa shape index (κ3) is 4.34. The predicted octanol–water partition coefficient (Wildman–Crippen LogP) is 3.52. The molecule has 0 bridgehead atoms. The van der Waals surface area contributed by atoms with Gasteiger partial charge in [0, 0.05) is 19.0 Å². The first-order valence-electron chi connectivity index (χ1n) is 9.93. The highest BCUT2D eigenvalue weighted by molar-refractivity contribution is 5.79. The topological polar surface area (TPSA) is 75.4 Å². The first-order valence-corrected chi connectivity index (χ1v) is 9.93. The fraction of sp³-hybridized carbons (Fsp3) is 0.400. The van der Waals surface area contributed by atoms with Gasteiger partial charge in [-0.15, -0.1) is 15.3 Å². The Bertz CT molecular complexity index is 1140. The number of fused-ring (bicyclic) bond motifs is 1. The second-order valence-electron chi connectivity index (χ2n) is 7.65. The fourth-order valence-electron chi connectivity index (χ4n) is 3.69. The third-order valence-electron chi connectivity index (χ3n) is 5.49. The highest BCUT2D eigenvalue weighted by atomic mass is 19.4. The van der Waals surface area contributed by atoms with E-state index in [9.17, 15) is 26.7 Å². The SMILES string of the molecule is C[C@H](NC(=O)C1CCN(c2ccc3nnc(C(F)(F)F)n3n2)CC1)c1ccc(F)c(F)c1. The number of alkyl halides is 3. The Morgan fingerprint density at radius 2 is 1.81 bits per heavy atom. The summed E-state index contributed by atoms with van der Waals surface area (Å²) in [5, 5.41) is 13.5. The maximum atomic E-state index is 13.4. The second-order valence-corrected chi connectivity index (χ2v) is 7.65. The zero-order valence-corrected chi connectivity index (χ0v) is 16.9. The number of halogens is 5. The van der Waals surface area contributed by atoms with Crippen LogP contribution in [0.4, 0.5) is 27.8 Å². The van der Waals surface area contributed by atoms with Crippen LogP contribution in [0.25, 0.3) is 5.65 Å². The largest absolute Gasteiger partial charge is 0.453 e. The second kappa shape index (κ2) is 8.32. The van der Waals surface area contributed by atoms with Crippen molar-refractivity contribution < 1.29 is 26.7 Å². The number of nitrogens with one attached hydrogen (secondary N) is 1. The van der Waals surface area contributed by atoms with Crippen LogP contribution in [0.1, 0.15) is 37.2 Å². The van der Waals surface area contributed by atoms with Crippen molar-refractivity contribution in [1.29, 1.82) is 0 Å². The molecule has 7 nitrogen and oxygen atoms in total. The standard InChI is InChI=1S/C20H19F5N6O/c1-11(13-2-3-14(21)15(22)10-13)26-18(32)12-6-8-30(9-7-12)17-5-4-16-27-28-19(20(23,24)25)31(16)29-17/h2-5,10-12H,6-9H2,1H3,(H,26,32)/t11-/m0/s1. The molecule has 2 aromatic heterocycles. The molecule has 1 fully saturated rings. The van der Waals surface area contributed by atoms with Crippen molar-refractivity contribution in [3.63, 3.8) is 0 Å². The van der Waals surface area contributed by atoms with Crippen molar-refractivity contribution in [2.45, 2.75) is 32.0 Å². The number of carbonyl (C=O) groups excluding carboxylic acids is 1. The van der Waals surface area contributed by atoms with Gasteiger partial charge in [-0.1, -0.05) is 6.07 Å². The highest BCUT2D eigenvalue weighted by Crippen LogP contribution is 2.29. The summed E-state index contributed by atoms with van der Waals surface area (Å²) in [7, 11) is 0. The molecular formula is C20H19F5N6O. The zero-order valence-electron chi connectivity index (χ0n) is 16.9. The van der Waals surface area contributed by atoms with E-state index in [0.29, 0.717) is 41.8 Å². The summed E-state index contributed by atoms with van der Waals surface area (Å²) in [6.07, 6.45) is -3.75. The molecule has 1 saturated heterocycles. The van der Waals surface area contributed by atoms with Gasteiger partial charge in [0.15, 0.2) is 17.3 Å². The maximum absolute atomic E-state index is 13.4. The molecule has 1 amide bonds. The van der Waals surface area contributed by atoms with Gasteiger partial charge >= 0.3 is 6.18 Å². The van der Waals surface area contributed by atoms with Crippen LogP contribution >= 0.6 is 0 Å². The Morgan fingerprint density at radius 1 is 1.09 bits per heavy atom. The van der Waals surface area contributed by atoms with Gasteiger partial charge in [-0.25, -0.2) is 8.78 Å². The van der Waals surface area contributed by atoms with Crippen molar-refractivity contribution in [3.05, 3.63) is 53.4 Å². The lowest BCUT2D eigenvalue weighted by molar-refractivity contribution is -0.146. The van der Waals surface area contributed by atoms with E-state index in [2.05, 4.69) is 20.6 Å². The summed E-state index contributed by atoms with van der Waals surface area (Å²) in [6, 6.07) is 5.94. The summed E-state index contributed by atoms with van der Waals surface area (Å²) in [5.41, 5.74) is 0.433. The number of aromatic nitrogens is 4. The molecule has 0 unspecified atom stereocenters. The molecule has 12 heteroatoms. The number of rotatable bonds is 4. The molecular weight excluding hydrogens is 435 g/mol. The van der Waals surface area contributed by atoms with Gasteiger partial charge in [-0.3, -0.25) is 4.79 Å². The Kier molecular flexibility index (Phi) is 5.70. The minimum Gasteiger partial charge on any atom is -0.355 e. The Morgan fingerprint density at radius 3 is 2.47 bits per heavy atom. The van der Waals surface area contributed by atoms with E-state index in [0.717, 1.165) is 12.1 Å². The molecule has 3 aromatic rings. The Hall–Kier alpha value is -3.31. The molecule has 170 valence electrons. The Labute approximate surface area is 179 Å². The van der Waals surface area contributed by atoms with Gasteiger partial charge in [-0.05, 0) is 49.6 Å². The number of hydrogen-bond acceptors (Lipinski definition) is 5. The number of nitrogens with zero attached hydrogens (tertiary/aromatic N) is 5. The molecule has 3 heterocycles. The van der Waals surface area contributed by atoms with Gasteiger partial charge < -0.3 is 10.2 Å². The molecule has 1 atom stereocenters. The molecule has 0 saturated carbocycles. The molecule has 0 aliphatic carbocycles. The van der Waals surface area contributed by atoms with Crippen LogP contribution in [0.15, 0.2) is 30.3 Å². The van der Waals surface area contributed by atoms with Gasteiger partial charge in [0.1, 0.15) is 5.82 Å². The van der Waals surface area contributed by atoms with E-state index in [-0.39, 0.29) is 17.5 Å². The average molecular weight is 454 g/mol. The van der Waals surface area contributed by atoms with Crippen molar-refractivity contribution in [2.75, 3.05) is 18.0 Å². The van der Waals surface area contributed by atoms with Crippen LogP contribution in [-0.2, 0) is 11.0 Å². The van der Waals surface area contributed by atoms with E-state index < -0.39 is 29.7 Å². The summed E-state index contributed by atoms with van der Waals surface area (Å²) in [4.78, 5) is 14.4. The number of piperidine rings is 1. The number of amides is 1. The van der Waals surface area contributed by atoms with Crippen LogP contribution in [0.2, 0.25) is 0 Å². The fourth-order valence-corrected chi connectivity index (χ4v) is 3.69. The lowest BCUT2D eigenvalue weighted by Crippen LogP contribution is -2.41. The predicted molar refractivity (Wildman–Crippen MR) is 104 cm³/mol. The summed E-state index contributed by atoms with van der Waals surface area (Å²) < 4.78 is 66.4. The summed E-state index contributed by atoms with van der Waals surface area (Å²) in [5.74, 6) is -3.35. The van der Waals surface area contributed by atoms with Gasteiger partial charge in [0.05, 0.1) is 6.04 Å². The number of carbonyl (C=O) groups is 1. The van der Waals surface area contributed by atoms with Crippen LogP contribution in [-0.4, -0.2) is 38.8 Å². The lowest BCUT2D eigenvalue weighted by Gasteiger charge is -2.32. The van der Waals surface area contributed by atoms with E-state index in [1.807, 2.05) is 0 Å². The van der Waals surface area contributed by atoms with Crippen molar-refractivity contribution in [1.82, 2.24) is 25.1 Å². The van der Waals surface area contributed by atoms with Crippen molar-refractivity contribution in [3.8, 4) is 0 Å². The van der Waals surface area contributed by atoms with Crippen molar-refractivity contribution >= 4 is 17.4 Å². The van der Waals surface area contributed by atoms with Crippen LogP contribution in [0.5, 0.6) is 0 Å². The molecule has 0 radical (unpaired) electrons. The van der Waals surface area contributed by atoms with Crippen LogP contribution in [0.3, 0.4) is 0 Å². The molecule has 4 rings (SSSR count). The minimum absolute atomic E-state index is 0.0124. The van der Waals surface area contributed by atoms with Crippen LogP contribution in [0, 0.1) is 17.6 Å². The molecule has 1 N–H and O–H groups in total. The summed E-state index contributed by atoms with van der Waals surface area (Å²) >= 11 is 0. The van der Waals surface area contributed by atoms with Gasteiger partial charge in [0.2, 0.25) is 5.91 Å². The average Bonchev–Trinajstić information content (AvgIpc) is 3.19. The normalized spacial score (nSPS) is 16.4. The van der Waals surface area contributed by atoms with Gasteiger partial charge in [0.25, 0.3) is 5.82 Å². The highest BCUT2D eigenvalue weighted by Gasteiger charge is 2.38. The molecule has 1 aromatic carbocycles. The third-order valence-corrected chi connectivity index (χ3v) is 5.49. The molecule has 1 aliphatic rings. The van der Waals surface area contributed by atoms with E-state index in [4.69, 9.17) is 0 Å². The minimum atomic E-state index is -4.68. The maximum Gasteiger partial charge on any atom is 0.453 e. The number of anilines is 1. The zero-order chi connectivity index (χ0) is 23.0. The monoisotopic (exact) mass is 454 g/mol. The quantitative estimate of drug-likeness (QED) is 0.611. The van der Waals surface area contributed by atoms with E-state index >= 15 is 0 Å². The molecule has 1 aliphatic heterocycles. The van der Waals surface area contributed by atoms with E-state index in [1.165, 1.54) is 12.1 Å². The lowest BCUT2D eigenvalue weighted by atomic mass is 9.95. The first kappa shape index (κ1) is 21.9. The Balaban J connectivity index is 1.39. The first-order chi connectivity index (χ1) is 15.1. The molecule has 0 spiro atoms. The summed E-state index contributed by atoms with van der Waals surface area (Å²) in [6.45, 7) is 2.51. The smallest absolute Gasteiger partial charge is 0.355 e. The number of benzene rings is 1. The van der Waals surface area contributed by atoms with Crippen LogP contribution < -0.4 is 10.2 Å². The number of hydrogen-bond donors (Lipinski definition) is 1. The van der Waals surface area contributed by atoms with E-state index in [1.54, 1.807) is 17.9 Å².